The van der Waals surface area contributed by atoms with Gasteiger partial charge < -0.3 is 9.50 Å². The first-order valence-corrected chi connectivity index (χ1v) is 9.33. The molecule has 0 bridgehead atoms. The van der Waals surface area contributed by atoms with Crippen molar-refractivity contribution in [1.29, 1.82) is 0 Å². The zero-order chi connectivity index (χ0) is 21.6. The third-order valence-electron chi connectivity index (χ3n) is 4.06. The van der Waals surface area contributed by atoms with Crippen LogP contribution in [0.25, 0.3) is 0 Å². The Morgan fingerprint density at radius 2 is 1.48 bits per heavy atom. The van der Waals surface area contributed by atoms with E-state index in [4.69, 9.17) is 0 Å². The molecule has 0 unspecified atom stereocenters. The Morgan fingerprint density at radius 3 is 2.03 bits per heavy atom. The van der Waals surface area contributed by atoms with Crippen LogP contribution in [0.15, 0.2) is 41.3 Å². The van der Waals surface area contributed by atoms with E-state index >= 15 is 0 Å². The Bertz CT molecular complexity index is 1040. The average Bonchev–Trinajstić information content (AvgIpc) is 2.59. The summed E-state index contributed by atoms with van der Waals surface area (Å²) in [7, 11) is -4.81. The topological polar surface area (TPSA) is 72.5 Å². The van der Waals surface area contributed by atoms with Crippen LogP contribution in [0.2, 0.25) is 0 Å². The van der Waals surface area contributed by atoms with Gasteiger partial charge in [0.1, 0.15) is 10.6 Å². The van der Waals surface area contributed by atoms with Crippen LogP contribution < -0.4 is 9.50 Å². The Balaban J connectivity index is 2.03. The summed E-state index contributed by atoms with van der Waals surface area (Å²) in [5, 5.41) is 2.49. The van der Waals surface area contributed by atoms with Gasteiger partial charge in [-0.2, -0.15) is 34.8 Å². The average molecular weight is 439 g/mol. The van der Waals surface area contributed by atoms with Gasteiger partial charge in [-0.3, -0.25) is 4.79 Å². The minimum absolute atomic E-state index is 0.0287. The van der Waals surface area contributed by atoms with E-state index in [1.807, 2.05) is 0 Å². The van der Waals surface area contributed by atoms with Crippen molar-refractivity contribution in [1.82, 2.24) is 5.32 Å². The van der Waals surface area contributed by atoms with Crippen molar-refractivity contribution >= 4 is 16.0 Å². The molecular formula is C17H11F6NO4S. The van der Waals surface area contributed by atoms with Gasteiger partial charge in [0.15, 0.2) is 0 Å². The lowest BCUT2D eigenvalue weighted by molar-refractivity contribution is -0.143. The molecule has 1 aliphatic heterocycles. The van der Waals surface area contributed by atoms with E-state index in [2.05, 4.69) is 9.50 Å². The predicted molar refractivity (Wildman–Crippen MR) is 86.7 cm³/mol. The van der Waals surface area contributed by atoms with Gasteiger partial charge in [-0.25, -0.2) is 0 Å². The maximum Gasteiger partial charge on any atom is 0.416 e. The molecule has 0 saturated carbocycles. The van der Waals surface area contributed by atoms with Gasteiger partial charge >= 0.3 is 22.5 Å². The zero-order valence-corrected chi connectivity index (χ0v) is 15.0. The van der Waals surface area contributed by atoms with E-state index in [1.54, 1.807) is 0 Å². The highest BCUT2D eigenvalue weighted by Crippen LogP contribution is 2.38. The fraction of sp³-hybridized carbons (Fsp3) is 0.235. The minimum atomic E-state index is -5.16. The molecule has 0 fully saturated rings. The van der Waals surface area contributed by atoms with Crippen LogP contribution in [-0.2, 0) is 28.9 Å². The predicted octanol–water partition coefficient (Wildman–Crippen LogP) is 3.78. The summed E-state index contributed by atoms with van der Waals surface area (Å²) < 4.78 is 107. The quantitative estimate of drug-likeness (QED) is 0.584. The first-order chi connectivity index (χ1) is 13.3. The summed E-state index contributed by atoms with van der Waals surface area (Å²) in [6.07, 6.45) is -9.88. The van der Waals surface area contributed by atoms with Gasteiger partial charge in [0.2, 0.25) is 0 Å². The van der Waals surface area contributed by atoms with Crippen molar-refractivity contribution in [2.24, 2.45) is 0 Å². The summed E-state index contributed by atoms with van der Waals surface area (Å²) >= 11 is 0. The first-order valence-electron chi connectivity index (χ1n) is 7.92. The summed E-state index contributed by atoms with van der Waals surface area (Å²) in [4.78, 5) is 11.3. The van der Waals surface area contributed by atoms with Gasteiger partial charge in [-0.05, 0) is 42.3 Å². The van der Waals surface area contributed by atoms with Gasteiger partial charge in [0.05, 0.1) is 11.1 Å². The van der Waals surface area contributed by atoms with E-state index < -0.39 is 50.1 Å². The van der Waals surface area contributed by atoms with Crippen molar-refractivity contribution in [2.45, 2.75) is 23.7 Å². The van der Waals surface area contributed by atoms with Gasteiger partial charge in [-0.1, -0.05) is 6.07 Å². The summed E-state index contributed by atoms with van der Waals surface area (Å²) in [6, 6.07) is 3.50. The molecule has 0 aliphatic carbocycles. The summed E-state index contributed by atoms with van der Waals surface area (Å²) in [5.74, 6) is -1.71. The Morgan fingerprint density at radius 1 is 0.897 bits per heavy atom. The molecule has 2 aromatic rings. The molecule has 1 aliphatic rings. The number of amides is 1. The lowest BCUT2D eigenvalue weighted by Gasteiger charge is -2.18. The Kier molecular flexibility index (Phi) is 5.01. The number of halogens is 6. The number of carbonyl (C=O) groups excluding carboxylic acids is 1. The molecule has 2 aromatic carbocycles. The second-order valence-corrected chi connectivity index (χ2v) is 7.65. The molecule has 0 spiro atoms. The second-order valence-electron chi connectivity index (χ2n) is 6.10. The Hall–Kier alpha value is -2.76. The second kappa shape index (κ2) is 6.94. The molecule has 0 atom stereocenters. The van der Waals surface area contributed by atoms with E-state index in [0.717, 1.165) is 12.1 Å². The number of hydrogen-bond donors (Lipinski definition) is 1. The number of rotatable bonds is 3. The van der Waals surface area contributed by atoms with E-state index in [9.17, 15) is 39.6 Å². The zero-order valence-electron chi connectivity index (χ0n) is 14.2. The van der Waals surface area contributed by atoms with Crippen LogP contribution in [0.5, 0.6) is 5.75 Å². The molecule has 3 rings (SSSR count). The largest absolute Gasteiger partial charge is 0.416 e. The molecule has 0 saturated heterocycles. The molecule has 0 aromatic heterocycles. The normalized spacial score (nSPS) is 14.9. The van der Waals surface area contributed by atoms with Crippen molar-refractivity contribution in [3.8, 4) is 5.75 Å². The number of benzene rings is 2. The maximum absolute atomic E-state index is 12.9. The first kappa shape index (κ1) is 21.0. The molecule has 1 N–H and O–H groups in total. The molecule has 29 heavy (non-hydrogen) atoms. The van der Waals surface area contributed by atoms with E-state index in [1.165, 1.54) is 6.07 Å². The maximum atomic E-state index is 12.9. The van der Waals surface area contributed by atoms with Crippen LogP contribution in [0.4, 0.5) is 26.3 Å². The Labute approximate surface area is 160 Å². The van der Waals surface area contributed by atoms with Gasteiger partial charge in [0, 0.05) is 12.1 Å². The highest BCUT2D eigenvalue weighted by Gasteiger charge is 2.38. The molecule has 1 heterocycles. The number of nitrogens with one attached hydrogen (secondary N) is 1. The van der Waals surface area contributed by atoms with Gasteiger partial charge in [-0.15, -0.1) is 0 Å². The van der Waals surface area contributed by atoms with Crippen molar-refractivity contribution in [2.75, 3.05) is 6.54 Å². The lowest BCUT2D eigenvalue weighted by atomic mass is 10.0. The number of fused-ring (bicyclic) bond motifs is 1. The van der Waals surface area contributed by atoms with Crippen molar-refractivity contribution in [3.05, 3.63) is 58.7 Å². The number of hydrogen-bond acceptors (Lipinski definition) is 4. The fourth-order valence-electron chi connectivity index (χ4n) is 2.70. The lowest BCUT2D eigenvalue weighted by Crippen LogP contribution is -2.32. The van der Waals surface area contributed by atoms with Crippen LogP contribution in [0, 0.1) is 0 Å². The molecule has 0 radical (unpaired) electrons. The van der Waals surface area contributed by atoms with Crippen LogP contribution >= 0.6 is 0 Å². The van der Waals surface area contributed by atoms with E-state index in [0.29, 0.717) is 18.5 Å². The van der Waals surface area contributed by atoms with Crippen LogP contribution in [-0.4, -0.2) is 20.9 Å². The molecule has 5 nitrogen and oxygen atoms in total. The molecular weight excluding hydrogens is 428 g/mol. The molecule has 1 amide bonds. The van der Waals surface area contributed by atoms with Crippen LogP contribution in [0.3, 0.4) is 0 Å². The third-order valence-corrected chi connectivity index (χ3v) is 5.30. The third kappa shape index (κ3) is 4.47. The fourth-order valence-corrected chi connectivity index (χ4v) is 3.64. The number of carbonyl (C=O) groups is 1. The van der Waals surface area contributed by atoms with Crippen molar-refractivity contribution < 1.29 is 43.7 Å². The SMILES string of the molecule is O=C1NCCc2ccc(S(=O)(=O)Oc3cc(C(F)(F)F)cc(C(F)(F)F)c3)cc21. The highest BCUT2D eigenvalue weighted by molar-refractivity contribution is 7.87. The monoisotopic (exact) mass is 439 g/mol. The number of alkyl halides is 6. The van der Waals surface area contributed by atoms with Gasteiger partial charge in [0.25, 0.3) is 5.91 Å². The van der Waals surface area contributed by atoms with Crippen molar-refractivity contribution in [3.63, 3.8) is 0 Å². The molecule has 156 valence electrons. The molecule has 12 heteroatoms. The highest BCUT2D eigenvalue weighted by atomic mass is 32.2. The smallest absolute Gasteiger partial charge is 0.379 e. The van der Waals surface area contributed by atoms with E-state index in [-0.39, 0.29) is 23.8 Å². The summed E-state index contributed by atoms with van der Waals surface area (Å²) in [5.41, 5.74) is -2.86. The van der Waals surface area contributed by atoms with Crippen LogP contribution in [0.1, 0.15) is 27.0 Å². The minimum Gasteiger partial charge on any atom is -0.379 e. The standard InChI is InChI=1S/C17H11F6NO4S/c18-16(19,20)10-5-11(17(21,22)23)7-12(6-10)28-29(26,27)13-2-1-9-3-4-24-15(25)14(9)8-13/h1-2,5-8H,3-4H2,(H,24,25). The summed E-state index contributed by atoms with van der Waals surface area (Å²) in [6.45, 7) is 0.346.